The van der Waals surface area contributed by atoms with E-state index < -0.39 is 0 Å². The van der Waals surface area contributed by atoms with E-state index in [-0.39, 0.29) is 11.6 Å². The molecule has 6 rings (SSSR count). The summed E-state index contributed by atoms with van der Waals surface area (Å²) < 4.78 is 34.2. The zero-order valence-electron chi connectivity index (χ0n) is 20.8. The van der Waals surface area contributed by atoms with E-state index in [1.54, 1.807) is 36.1 Å². The fourth-order valence-corrected chi connectivity index (χ4v) is 4.23. The van der Waals surface area contributed by atoms with Crippen molar-refractivity contribution in [3.05, 3.63) is 115 Å². The van der Waals surface area contributed by atoms with Crippen LogP contribution in [0.5, 0.6) is 5.75 Å². The molecule has 0 spiro atoms. The van der Waals surface area contributed by atoms with Gasteiger partial charge in [0.15, 0.2) is 0 Å². The van der Waals surface area contributed by atoms with Gasteiger partial charge in [-0.15, -0.1) is 5.10 Å². The molecule has 0 radical (unpaired) electrons. The Kier molecular flexibility index (Phi) is 6.38. The van der Waals surface area contributed by atoms with Crippen molar-refractivity contribution in [2.24, 2.45) is 0 Å². The number of nitrogens with zero attached hydrogens (tertiary/aromatic N) is 5. The summed E-state index contributed by atoms with van der Waals surface area (Å²) >= 11 is 0. The van der Waals surface area contributed by atoms with Gasteiger partial charge < -0.3 is 10.1 Å². The molecule has 4 aromatic carbocycles. The Bertz CT molecular complexity index is 1770. The number of nitrogens with one attached hydrogen (secondary N) is 1. The number of aromatic nitrogens is 5. The minimum Gasteiger partial charge on any atom is -0.497 e. The van der Waals surface area contributed by atoms with Gasteiger partial charge >= 0.3 is 0 Å². The van der Waals surface area contributed by atoms with Crippen LogP contribution in [0.1, 0.15) is 5.69 Å². The number of rotatable bonds is 7. The van der Waals surface area contributed by atoms with Crippen LogP contribution in [0.3, 0.4) is 0 Å². The molecule has 0 fully saturated rings. The Morgan fingerprint density at radius 2 is 1.44 bits per heavy atom. The van der Waals surface area contributed by atoms with Crippen molar-refractivity contribution in [3.8, 4) is 34.0 Å². The van der Waals surface area contributed by atoms with Crippen molar-refractivity contribution in [3.63, 3.8) is 0 Å². The highest BCUT2D eigenvalue weighted by molar-refractivity contribution is 5.87. The molecule has 0 aliphatic heterocycles. The van der Waals surface area contributed by atoms with Gasteiger partial charge in [0, 0.05) is 22.9 Å². The van der Waals surface area contributed by atoms with Crippen molar-refractivity contribution in [2.75, 3.05) is 12.4 Å². The molecule has 2 aromatic heterocycles. The first kappa shape index (κ1) is 24.2. The number of anilines is 1. The van der Waals surface area contributed by atoms with Gasteiger partial charge in [-0.1, -0.05) is 11.3 Å². The molecule has 0 bridgehead atoms. The SMILES string of the molecule is COc1cccc(-n2cc(CNc3ccc4nc(-c5ccc(F)cc5)c(-c5ccc(F)cc5)nc4c3)nn2)c1. The minimum atomic E-state index is -0.342. The van der Waals surface area contributed by atoms with Crippen LogP contribution in [-0.4, -0.2) is 32.1 Å². The molecule has 0 saturated heterocycles. The topological polar surface area (TPSA) is 77.8 Å². The monoisotopic (exact) mass is 520 g/mol. The Morgan fingerprint density at radius 1 is 0.769 bits per heavy atom. The van der Waals surface area contributed by atoms with Crippen LogP contribution < -0.4 is 10.1 Å². The fourth-order valence-electron chi connectivity index (χ4n) is 4.23. The van der Waals surface area contributed by atoms with Crippen molar-refractivity contribution in [1.82, 2.24) is 25.0 Å². The second-order valence-corrected chi connectivity index (χ2v) is 8.85. The summed E-state index contributed by atoms with van der Waals surface area (Å²) in [5.41, 5.74) is 6.34. The fraction of sp³-hybridized carbons (Fsp3) is 0.0667. The summed E-state index contributed by atoms with van der Waals surface area (Å²) in [6.07, 6.45) is 1.85. The van der Waals surface area contributed by atoms with Gasteiger partial charge in [-0.05, 0) is 78.9 Å². The largest absolute Gasteiger partial charge is 0.497 e. The second-order valence-electron chi connectivity index (χ2n) is 8.85. The van der Waals surface area contributed by atoms with E-state index in [4.69, 9.17) is 14.7 Å². The lowest BCUT2D eigenvalue weighted by molar-refractivity contribution is 0.414. The van der Waals surface area contributed by atoms with E-state index in [1.165, 1.54) is 24.3 Å². The quantitative estimate of drug-likeness (QED) is 0.261. The normalized spacial score (nSPS) is 11.1. The highest BCUT2D eigenvalue weighted by Gasteiger charge is 2.14. The highest BCUT2D eigenvalue weighted by Crippen LogP contribution is 2.32. The summed E-state index contributed by atoms with van der Waals surface area (Å²) in [6.45, 7) is 0.446. The molecule has 0 saturated carbocycles. The average molecular weight is 521 g/mol. The van der Waals surface area contributed by atoms with Crippen molar-refractivity contribution in [1.29, 1.82) is 0 Å². The van der Waals surface area contributed by atoms with E-state index in [2.05, 4.69) is 15.6 Å². The first-order chi connectivity index (χ1) is 19.1. The molecule has 39 heavy (non-hydrogen) atoms. The summed E-state index contributed by atoms with van der Waals surface area (Å²) in [7, 11) is 1.62. The third-order valence-corrected chi connectivity index (χ3v) is 6.23. The van der Waals surface area contributed by atoms with Gasteiger partial charge in [0.1, 0.15) is 23.1 Å². The third-order valence-electron chi connectivity index (χ3n) is 6.23. The van der Waals surface area contributed by atoms with Crippen LogP contribution in [0, 0.1) is 11.6 Å². The first-order valence-corrected chi connectivity index (χ1v) is 12.2. The number of hydrogen-bond acceptors (Lipinski definition) is 6. The van der Waals surface area contributed by atoms with Crippen LogP contribution in [0.25, 0.3) is 39.2 Å². The molecule has 2 heterocycles. The van der Waals surface area contributed by atoms with Gasteiger partial charge in [-0.3, -0.25) is 0 Å². The molecule has 6 aromatic rings. The molecule has 0 aliphatic carbocycles. The van der Waals surface area contributed by atoms with Crippen LogP contribution in [0.4, 0.5) is 14.5 Å². The number of halogens is 2. The van der Waals surface area contributed by atoms with Crippen molar-refractivity contribution in [2.45, 2.75) is 6.54 Å². The van der Waals surface area contributed by atoms with Crippen LogP contribution in [-0.2, 0) is 6.54 Å². The van der Waals surface area contributed by atoms with E-state index in [0.29, 0.717) is 40.1 Å². The number of methoxy groups -OCH3 is 1. The van der Waals surface area contributed by atoms with Crippen LogP contribution in [0.2, 0.25) is 0 Å². The highest BCUT2D eigenvalue weighted by atomic mass is 19.1. The molecule has 1 N–H and O–H groups in total. The summed E-state index contributed by atoms with van der Waals surface area (Å²) in [4.78, 5) is 9.73. The maximum Gasteiger partial charge on any atom is 0.123 e. The number of hydrogen-bond donors (Lipinski definition) is 1. The molecular formula is C30H22F2N6O. The Hall–Kier alpha value is -5.18. The predicted octanol–water partition coefficient (Wildman–Crippen LogP) is 6.44. The van der Waals surface area contributed by atoms with Gasteiger partial charge in [0.25, 0.3) is 0 Å². The van der Waals surface area contributed by atoms with Gasteiger partial charge in [-0.2, -0.15) is 0 Å². The Labute approximate surface area is 222 Å². The lowest BCUT2D eigenvalue weighted by atomic mass is 10.0. The molecule has 9 heteroatoms. The van der Waals surface area contributed by atoms with Gasteiger partial charge in [-0.25, -0.2) is 23.4 Å². The maximum atomic E-state index is 13.6. The summed E-state index contributed by atoms with van der Waals surface area (Å²) in [5, 5.41) is 11.8. The standard InChI is InChI=1S/C30H22F2N6O/c1-39-26-4-2-3-25(16-26)38-18-24(36-37-38)17-33-23-13-14-27-28(15-23)35-30(20-7-11-22(32)12-8-20)29(34-27)19-5-9-21(31)10-6-19/h2-16,18,33H,17H2,1H3. The van der Waals surface area contributed by atoms with Crippen LogP contribution >= 0.6 is 0 Å². The molecule has 0 amide bonds. The smallest absolute Gasteiger partial charge is 0.123 e. The number of ether oxygens (including phenoxy) is 1. The number of benzene rings is 4. The second kappa shape index (κ2) is 10.3. The van der Waals surface area contributed by atoms with E-state index >= 15 is 0 Å². The van der Waals surface area contributed by atoms with E-state index in [9.17, 15) is 8.78 Å². The molecule has 0 aliphatic rings. The predicted molar refractivity (Wildman–Crippen MR) is 146 cm³/mol. The minimum absolute atomic E-state index is 0.338. The van der Waals surface area contributed by atoms with Crippen molar-refractivity contribution < 1.29 is 13.5 Å². The molecule has 0 atom stereocenters. The van der Waals surface area contributed by atoms with Gasteiger partial charge in [0.05, 0.1) is 48.0 Å². The first-order valence-electron chi connectivity index (χ1n) is 12.2. The lowest BCUT2D eigenvalue weighted by Gasteiger charge is -2.12. The average Bonchev–Trinajstić information content (AvgIpc) is 3.45. The van der Waals surface area contributed by atoms with Crippen LogP contribution in [0.15, 0.2) is 97.2 Å². The maximum absolute atomic E-state index is 13.6. The Balaban J connectivity index is 1.30. The molecule has 192 valence electrons. The van der Waals surface area contributed by atoms with Gasteiger partial charge in [0.2, 0.25) is 0 Å². The van der Waals surface area contributed by atoms with Crippen molar-refractivity contribution >= 4 is 16.7 Å². The summed E-state index contributed by atoms with van der Waals surface area (Å²) in [6, 6.07) is 25.4. The zero-order chi connectivity index (χ0) is 26.8. The molecular weight excluding hydrogens is 498 g/mol. The molecule has 0 unspecified atom stereocenters. The summed E-state index contributed by atoms with van der Waals surface area (Å²) in [5.74, 6) is 0.0586. The molecule has 7 nitrogen and oxygen atoms in total. The third kappa shape index (κ3) is 5.15. The lowest BCUT2D eigenvalue weighted by Crippen LogP contribution is -2.01. The van der Waals surface area contributed by atoms with E-state index in [1.807, 2.05) is 48.7 Å². The Morgan fingerprint density at radius 3 is 2.10 bits per heavy atom. The number of fused-ring (bicyclic) bond motifs is 1. The van der Waals surface area contributed by atoms with E-state index in [0.717, 1.165) is 22.8 Å². The zero-order valence-corrected chi connectivity index (χ0v) is 20.8.